The molecule has 22 heavy (non-hydrogen) atoms. The first-order valence-electron chi connectivity index (χ1n) is 7.18. The Labute approximate surface area is 130 Å². The van der Waals surface area contributed by atoms with Crippen molar-refractivity contribution in [3.63, 3.8) is 0 Å². The van der Waals surface area contributed by atoms with E-state index in [0.717, 1.165) is 11.1 Å². The van der Waals surface area contributed by atoms with Crippen molar-refractivity contribution in [1.29, 1.82) is 0 Å². The van der Waals surface area contributed by atoms with Gasteiger partial charge in [-0.3, -0.25) is 4.79 Å². The quantitative estimate of drug-likeness (QED) is 0.892. The van der Waals surface area contributed by atoms with Gasteiger partial charge < -0.3 is 15.2 Å². The Morgan fingerprint density at radius 2 is 1.82 bits per heavy atom. The zero-order valence-corrected chi connectivity index (χ0v) is 13.1. The Morgan fingerprint density at radius 1 is 1.18 bits per heavy atom. The predicted molar refractivity (Wildman–Crippen MR) is 86.2 cm³/mol. The summed E-state index contributed by atoms with van der Waals surface area (Å²) >= 11 is 0. The van der Waals surface area contributed by atoms with Crippen LogP contribution in [0.3, 0.4) is 0 Å². The lowest BCUT2D eigenvalue weighted by Crippen LogP contribution is -2.28. The Kier molecular flexibility index (Phi) is 5.17. The normalized spacial score (nSPS) is 11.8. The van der Waals surface area contributed by atoms with Crippen LogP contribution in [0.1, 0.15) is 33.2 Å². The number of nitrogens with one attached hydrogen (secondary N) is 1. The molecule has 0 saturated carbocycles. The first-order valence-corrected chi connectivity index (χ1v) is 7.18. The van der Waals surface area contributed by atoms with Gasteiger partial charge in [0.25, 0.3) is 5.91 Å². The van der Waals surface area contributed by atoms with Crippen molar-refractivity contribution >= 4 is 5.91 Å². The van der Waals surface area contributed by atoms with Crippen LogP contribution in [0.2, 0.25) is 0 Å². The number of hydrogen-bond acceptors (Lipinski definition) is 3. The highest BCUT2D eigenvalue weighted by Crippen LogP contribution is 2.24. The summed E-state index contributed by atoms with van der Waals surface area (Å²) in [6, 6.07) is 12.9. The molecule has 0 radical (unpaired) electrons. The van der Waals surface area contributed by atoms with Gasteiger partial charge in [0.2, 0.25) is 0 Å². The molecule has 0 aromatic heterocycles. The zero-order valence-electron chi connectivity index (χ0n) is 13.1. The van der Waals surface area contributed by atoms with Gasteiger partial charge in [-0.05, 0) is 32.0 Å². The van der Waals surface area contributed by atoms with E-state index in [0.29, 0.717) is 16.9 Å². The number of benzene rings is 2. The second-order valence-corrected chi connectivity index (χ2v) is 5.34. The van der Waals surface area contributed by atoms with Crippen molar-refractivity contribution in [2.24, 2.45) is 0 Å². The molecule has 2 rings (SSSR count). The van der Waals surface area contributed by atoms with E-state index in [-0.39, 0.29) is 12.5 Å². The molecule has 0 fully saturated rings. The van der Waals surface area contributed by atoms with E-state index < -0.39 is 6.10 Å². The van der Waals surface area contributed by atoms with Gasteiger partial charge in [0, 0.05) is 17.7 Å². The van der Waals surface area contributed by atoms with E-state index in [2.05, 4.69) is 5.32 Å². The van der Waals surface area contributed by atoms with Crippen LogP contribution >= 0.6 is 0 Å². The van der Waals surface area contributed by atoms with E-state index in [1.54, 1.807) is 19.2 Å². The molecule has 0 aliphatic heterocycles. The van der Waals surface area contributed by atoms with Crippen LogP contribution in [-0.4, -0.2) is 24.7 Å². The summed E-state index contributed by atoms with van der Waals surface area (Å²) in [7, 11) is 1.56. The highest BCUT2D eigenvalue weighted by Gasteiger charge is 2.14. The zero-order chi connectivity index (χ0) is 16.1. The topological polar surface area (TPSA) is 58.6 Å². The Balaban J connectivity index is 2.04. The summed E-state index contributed by atoms with van der Waals surface area (Å²) in [6.07, 6.45) is -0.814. The number of hydrogen-bond donors (Lipinski definition) is 2. The molecule has 1 unspecified atom stereocenters. The fourth-order valence-electron chi connectivity index (χ4n) is 2.45. The van der Waals surface area contributed by atoms with Crippen LogP contribution in [0, 0.1) is 13.8 Å². The van der Waals surface area contributed by atoms with Gasteiger partial charge in [-0.25, -0.2) is 0 Å². The number of methoxy groups -OCH3 is 1. The van der Waals surface area contributed by atoms with Gasteiger partial charge in [0.05, 0.1) is 13.2 Å². The molecule has 0 bridgehead atoms. The number of ether oxygens (including phenoxy) is 1. The van der Waals surface area contributed by atoms with Gasteiger partial charge in [-0.1, -0.05) is 35.4 Å². The van der Waals surface area contributed by atoms with E-state index >= 15 is 0 Å². The molecule has 0 saturated heterocycles. The van der Waals surface area contributed by atoms with Gasteiger partial charge in [0.15, 0.2) is 0 Å². The molecule has 1 amide bonds. The van der Waals surface area contributed by atoms with Gasteiger partial charge in [-0.2, -0.15) is 0 Å². The third-order valence-corrected chi connectivity index (χ3v) is 3.44. The number of para-hydroxylation sites is 1. The Bertz CT molecular complexity index is 647. The monoisotopic (exact) mass is 299 g/mol. The molecule has 1 atom stereocenters. The fraction of sp³-hybridized carbons (Fsp3) is 0.278. The second-order valence-electron chi connectivity index (χ2n) is 5.34. The standard InChI is InChI=1S/C18H21NO3/c1-12-8-13(2)10-14(9-12)18(21)19-11-16(20)15-6-4-5-7-17(15)22-3/h4-10,16,20H,11H2,1-3H3,(H,19,21). The number of aryl methyl sites for hydroxylation is 2. The number of aliphatic hydroxyl groups excluding tert-OH is 1. The van der Waals surface area contributed by atoms with Gasteiger partial charge in [-0.15, -0.1) is 0 Å². The minimum atomic E-state index is -0.814. The number of carbonyl (C=O) groups excluding carboxylic acids is 1. The molecular formula is C18H21NO3. The van der Waals surface area contributed by atoms with Crippen LogP contribution < -0.4 is 10.1 Å². The molecule has 2 aromatic carbocycles. The SMILES string of the molecule is COc1ccccc1C(O)CNC(=O)c1cc(C)cc(C)c1. The van der Waals surface area contributed by atoms with E-state index in [9.17, 15) is 9.90 Å². The van der Waals surface area contributed by atoms with Crippen LogP contribution in [0.4, 0.5) is 0 Å². The molecule has 0 aliphatic rings. The molecule has 0 spiro atoms. The lowest BCUT2D eigenvalue weighted by atomic mass is 10.1. The summed E-state index contributed by atoms with van der Waals surface area (Å²) in [5, 5.41) is 13.0. The molecular weight excluding hydrogens is 278 g/mol. The highest BCUT2D eigenvalue weighted by molar-refractivity contribution is 5.94. The fourth-order valence-corrected chi connectivity index (χ4v) is 2.45. The van der Waals surface area contributed by atoms with Crippen molar-refractivity contribution in [3.8, 4) is 5.75 Å². The minimum absolute atomic E-state index is 0.131. The molecule has 4 heteroatoms. The largest absolute Gasteiger partial charge is 0.496 e. The summed E-state index contributed by atoms with van der Waals surface area (Å²) in [5.74, 6) is 0.413. The first-order chi connectivity index (χ1) is 10.5. The molecule has 2 aromatic rings. The Hall–Kier alpha value is -2.33. The number of amides is 1. The van der Waals surface area contributed by atoms with Crippen molar-refractivity contribution < 1.29 is 14.6 Å². The third kappa shape index (κ3) is 3.86. The van der Waals surface area contributed by atoms with Crippen molar-refractivity contribution in [1.82, 2.24) is 5.32 Å². The number of carbonyl (C=O) groups is 1. The predicted octanol–water partition coefficient (Wildman–Crippen LogP) is 2.78. The number of rotatable bonds is 5. The maximum Gasteiger partial charge on any atom is 0.251 e. The molecule has 4 nitrogen and oxygen atoms in total. The summed E-state index contributed by atoms with van der Waals surface area (Å²) in [6.45, 7) is 4.03. The second kappa shape index (κ2) is 7.09. The van der Waals surface area contributed by atoms with Crippen molar-refractivity contribution in [2.75, 3.05) is 13.7 Å². The van der Waals surface area contributed by atoms with Gasteiger partial charge >= 0.3 is 0 Å². The molecule has 116 valence electrons. The van der Waals surface area contributed by atoms with Crippen LogP contribution in [0.25, 0.3) is 0 Å². The van der Waals surface area contributed by atoms with Crippen molar-refractivity contribution in [3.05, 3.63) is 64.7 Å². The van der Waals surface area contributed by atoms with Crippen molar-refractivity contribution in [2.45, 2.75) is 20.0 Å². The lowest BCUT2D eigenvalue weighted by Gasteiger charge is -2.15. The molecule has 0 aliphatic carbocycles. The van der Waals surface area contributed by atoms with E-state index in [1.165, 1.54) is 0 Å². The lowest BCUT2D eigenvalue weighted by molar-refractivity contribution is 0.0914. The minimum Gasteiger partial charge on any atom is -0.496 e. The van der Waals surface area contributed by atoms with Crippen LogP contribution in [0.5, 0.6) is 5.75 Å². The number of aliphatic hydroxyl groups is 1. The average molecular weight is 299 g/mol. The maximum absolute atomic E-state index is 12.2. The maximum atomic E-state index is 12.2. The van der Waals surface area contributed by atoms with Crippen LogP contribution in [0.15, 0.2) is 42.5 Å². The summed E-state index contributed by atoms with van der Waals surface area (Å²) < 4.78 is 5.22. The highest BCUT2D eigenvalue weighted by atomic mass is 16.5. The van der Waals surface area contributed by atoms with Crippen LogP contribution in [-0.2, 0) is 0 Å². The third-order valence-electron chi connectivity index (χ3n) is 3.44. The van der Waals surface area contributed by atoms with E-state index in [1.807, 2.05) is 44.2 Å². The average Bonchev–Trinajstić information content (AvgIpc) is 2.51. The summed E-state index contributed by atoms with van der Waals surface area (Å²) in [4.78, 5) is 12.2. The summed E-state index contributed by atoms with van der Waals surface area (Å²) in [5.41, 5.74) is 3.33. The molecule has 2 N–H and O–H groups in total. The van der Waals surface area contributed by atoms with Gasteiger partial charge in [0.1, 0.15) is 5.75 Å². The Morgan fingerprint density at radius 3 is 2.45 bits per heavy atom. The molecule has 0 heterocycles. The van der Waals surface area contributed by atoms with E-state index in [4.69, 9.17) is 4.74 Å². The smallest absolute Gasteiger partial charge is 0.251 e. The first kappa shape index (κ1) is 16.0.